The highest BCUT2D eigenvalue weighted by atomic mass is 16.6. The van der Waals surface area contributed by atoms with Gasteiger partial charge in [0.1, 0.15) is 13.2 Å². The maximum atomic E-state index is 6.23. The highest BCUT2D eigenvalue weighted by molar-refractivity contribution is 5.54. The maximum absolute atomic E-state index is 6.23. The summed E-state index contributed by atoms with van der Waals surface area (Å²) in [6.45, 7) is 3.32. The SMILES string of the molecule is Cc1cc2c(c(C3(N)CC3)c1)OCCO2. The van der Waals surface area contributed by atoms with Crippen molar-refractivity contribution in [2.75, 3.05) is 13.2 Å². The van der Waals surface area contributed by atoms with Gasteiger partial charge in [-0.25, -0.2) is 0 Å². The fourth-order valence-electron chi connectivity index (χ4n) is 2.07. The Morgan fingerprint density at radius 1 is 1.20 bits per heavy atom. The first-order valence-corrected chi connectivity index (χ1v) is 5.39. The fraction of sp³-hybridized carbons (Fsp3) is 0.500. The molecule has 0 saturated heterocycles. The van der Waals surface area contributed by atoms with Crippen LogP contribution in [0.4, 0.5) is 0 Å². The van der Waals surface area contributed by atoms with Crippen LogP contribution >= 0.6 is 0 Å². The van der Waals surface area contributed by atoms with Crippen LogP contribution < -0.4 is 15.2 Å². The van der Waals surface area contributed by atoms with Gasteiger partial charge in [0.15, 0.2) is 11.5 Å². The highest BCUT2D eigenvalue weighted by Crippen LogP contribution is 2.50. The number of nitrogens with two attached hydrogens (primary N) is 1. The molecule has 0 unspecified atom stereocenters. The normalized spacial score (nSPS) is 21.2. The van der Waals surface area contributed by atoms with E-state index in [0.29, 0.717) is 13.2 Å². The molecular weight excluding hydrogens is 190 g/mol. The van der Waals surface area contributed by atoms with Gasteiger partial charge >= 0.3 is 0 Å². The molecule has 1 aliphatic heterocycles. The number of aryl methyl sites for hydroxylation is 1. The van der Waals surface area contributed by atoms with Gasteiger partial charge in [-0.15, -0.1) is 0 Å². The van der Waals surface area contributed by atoms with Gasteiger partial charge in [-0.3, -0.25) is 0 Å². The first-order valence-electron chi connectivity index (χ1n) is 5.39. The first kappa shape index (κ1) is 9.04. The molecule has 1 heterocycles. The van der Waals surface area contributed by atoms with Crippen molar-refractivity contribution in [1.29, 1.82) is 0 Å². The van der Waals surface area contributed by atoms with E-state index in [1.54, 1.807) is 0 Å². The molecule has 0 aromatic heterocycles. The molecule has 80 valence electrons. The smallest absolute Gasteiger partial charge is 0.166 e. The first-order chi connectivity index (χ1) is 7.19. The van der Waals surface area contributed by atoms with Crippen molar-refractivity contribution in [2.45, 2.75) is 25.3 Å². The number of rotatable bonds is 1. The molecule has 1 aliphatic carbocycles. The van der Waals surface area contributed by atoms with E-state index in [2.05, 4.69) is 13.0 Å². The zero-order chi connectivity index (χ0) is 10.5. The predicted molar refractivity (Wildman–Crippen MR) is 57.3 cm³/mol. The van der Waals surface area contributed by atoms with Crippen LogP contribution in [0.15, 0.2) is 12.1 Å². The van der Waals surface area contributed by atoms with Crippen LogP contribution in [0.5, 0.6) is 11.5 Å². The average molecular weight is 205 g/mol. The topological polar surface area (TPSA) is 44.5 Å². The van der Waals surface area contributed by atoms with Crippen molar-refractivity contribution in [3.8, 4) is 11.5 Å². The van der Waals surface area contributed by atoms with Gasteiger partial charge in [-0.05, 0) is 31.4 Å². The Morgan fingerprint density at radius 3 is 2.67 bits per heavy atom. The number of ether oxygens (including phenoxy) is 2. The van der Waals surface area contributed by atoms with Crippen LogP contribution in [0.25, 0.3) is 0 Å². The van der Waals surface area contributed by atoms with Crippen LogP contribution in [0.1, 0.15) is 24.0 Å². The molecule has 1 saturated carbocycles. The molecule has 3 rings (SSSR count). The molecule has 15 heavy (non-hydrogen) atoms. The zero-order valence-electron chi connectivity index (χ0n) is 8.88. The van der Waals surface area contributed by atoms with Gasteiger partial charge in [0.2, 0.25) is 0 Å². The lowest BCUT2D eigenvalue weighted by Gasteiger charge is -2.24. The maximum Gasteiger partial charge on any atom is 0.166 e. The van der Waals surface area contributed by atoms with E-state index in [1.807, 2.05) is 6.07 Å². The minimum absolute atomic E-state index is 0.156. The standard InChI is InChI=1S/C12H15NO2/c1-8-6-9(12(13)2-3-12)11-10(7-8)14-4-5-15-11/h6-7H,2-5,13H2,1H3. The fourth-order valence-corrected chi connectivity index (χ4v) is 2.07. The Labute approximate surface area is 89.2 Å². The van der Waals surface area contributed by atoms with Crippen molar-refractivity contribution >= 4 is 0 Å². The van der Waals surface area contributed by atoms with E-state index in [1.165, 1.54) is 5.56 Å². The predicted octanol–water partition coefficient (Wildman–Crippen LogP) is 1.71. The Morgan fingerprint density at radius 2 is 1.93 bits per heavy atom. The molecule has 1 aromatic rings. The lowest BCUT2D eigenvalue weighted by molar-refractivity contribution is 0.168. The number of benzene rings is 1. The van der Waals surface area contributed by atoms with Crippen molar-refractivity contribution in [3.05, 3.63) is 23.3 Å². The van der Waals surface area contributed by atoms with Crippen LogP contribution in [-0.2, 0) is 5.54 Å². The lowest BCUT2D eigenvalue weighted by atomic mass is 10.0. The summed E-state index contributed by atoms with van der Waals surface area (Å²) in [7, 11) is 0. The summed E-state index contributed by atoms with van der Waals surface area (Å²) >= 11 is 0. The van der Waals surface area contributed by atoms with Gasteiger partial charge in [-0.2, -0.15) is 0 Å². The second-order valence-corrected chi connectivity index (χ2v) is 4.49. The average Bonchev–Trinajstić information content (AvgIpc) is 2.96. The van der Waals surface area contributed by atoms with Gasteiger partial charge in [0, 0.05) is 11.1 Å². The minimum atomic E-state index is -0.156. The molecule has 0 amide bonds. The Hall–Kier alpha value is -1.22. The second-order valence-electron chi connectivity index (χ2n) is 4.49. The molecule has 2 N–H and O–H groups in total. The molecule has 2 aliphatic rings. The van der Waals surface area contributed by atoms with Gasteiger partial charge in [-0.1, -0.05) is 6.07 Å². The molecule has 0 spiro atoms. The summed E-state index contributed by atoms with van der Waals surface area (Å²) < 4.78 is 11.3. The van der Waals surface area contributed by atoms with E-state index in [-0.39, 0.29) is 5.54 Å². The van der Waals surface area contributed by atoms with E-state index >= 15 is 0 Å². The summed E-state index contributed by atoms with van der Waals surface area (Å²) in [6, 6.07) is 4.14. The van der Waals surface area contributed by atoms with E-state index in [4.69, 9.17) is 15.2 Å². The quantitative estimate of drug-likeness (QED) is 0.759. The third-order valence-corrected chi connectivity index (χ3v) is 3.11. The molecular formula is C12H15NO2. The summed E-state index contributed by atoms with van der Waals surface area (Å²) in [5, 5.41) is 0. The van der Waals surface area contributed by atoms with E-state index in [9.17, 15) is 0 Å². The molecule has 3 heteroatoms. The van der Waals surface area contributed by atoms with E-state index in [0.717, 1.165) is 29.9 Å². The summed E-state index contributed by atoms with van der Waals surface area (Å²) in [6.07, 6.45) is 2.10. The molecule has 0 bridgehead atoms. The van der Waals surface area contributed by atoms with Crippen LogP contribution in [0.2, 0.25) is 0 Å². The van der Waals surface area contributed by atoms with Crippen molar-refractivity contribution < 1.29 is 9.47 Å². The van der Waals surface area contributed by atoms with Crippen molar-refractivity contribution in [3.63, 3.8) is 0 Å². The molecule has 0 atom stereocenters. The largest absolute Gasteiger partial charge is 0.486 e. The van der Waals surface area contributed by atoms with E-state index < -0.39 is 0 Å². The molecule has 1 aromatic carbocycles. The number of fused-ring (bicyclic) bond motifs is 1. The Bertz CT molecular complexity index is 410. The third-order valence-electron chi connectivity index (χ3n) is 3.11. The molecule has 1 fully saturated rings. The number of hydrogen-bond donors (Lipinski definition) is 1. The van der Waals surface area contributed by atoms with Crippen LogP contribution in [-0.4, -0.2) is 13.2 Å². The number of hydrogen-bond acceptors (Lipinski definition) is 3. The monoisotopic (exact) mass is 205 g/mol. The second kappa shape index (κ2) is 2.89. The Balaban J connectivity index is 2.15. The van der Waals surface area contributed by atoms with Crippen LogP contribution in [0, 0.1) is 6.92 Å². The van der Waals surface area contributed by atoms with Gasteiger partial charge in [0.25, 0.3) is 0 Å². The van der Waals surface area contributed by atoms with Crippen LogP contribution in [0.3, 0.4) is 0 Å². The summed E-state index contributed by atoms with van der Waals surface area (Å²) in [5.74, 6) is 1.72. The van der Waals surface area contributed by atoms with Crippen molar-refractivity contribution in [1.82, 2.24) is 0 Å². The third kappa shape index (κ3) is 1.38. The lowest BCUT2D eigenvalue weighted by Crippen LogP contribution is -2.24. The summed E-state index contributed by atoms with van der Waals surface area (Å²) in [4.78, 5) is 0. The van der Waals surface area contributed by atoms with Gasteiger partial charge < -0.3 is 15.2 Å². The zero-order valence-corrected chi connectivity index (χ0v) is 8.88. The summed E-state index contributed by atoms with van der Waals surface area (Å²) in [5.41, 5.74) is 8.38. The van der Waals surface area contributed by atoms with Crippen molar-refractivity contribution in [2.24, 2.45) is 5.73 Å². The Kier molecular flexibility index (Phi) is 1.74. The minimum Gasteiger partial charge on any atom is -0.486 e. The highest BCUT2D eigenvalue weighted by Gasteiger charge is 2.43. The molecule has 0 radical (unpaired) electrons. The molecule has 3 nitrogen and oxygen atoms in total. The van der Waals surface area contributed by atoms with Gasteiger partial charge in [0.05, 0.1) is 0 Å².